The summed E-state index contributed by atoms with van der Waals surface area (Å²) in [5.41, 5.74) is 0.774. The van der Waals surface area contributed by atoms with Crippen molar-refractivity contribution in [3.63, 3.8) is 0 Å². The van der Waals surface area contributed by atoms with E-state index in [9.17, 15) is 4.79 Å². The number of aryl methyl sites for hydroxylation is 1. The predicted molar refractivity (Wildman–Crippen MR) is 73.6 cm³/mol. The number of pyridine rings is 1. The number of carbonyl (C=O) groups excluding carboxylic acids is 1. The maximum atomic E-state index is 11.3. The monoisotopic (exact) mass is 288 g/mol. The fourth-order valence-corrected chi connectivity index (χ4v) is 2.28. The second-order valence-electron chi connectivity index (χ2n) is 5.02. The average molecular weight is 288 g/mol. The summed E-state index contributed by atoms with van der Waals surface area (Å²) in [6, 6.07) is 3.61. The lowest BCUT2D eigenvalue weighted by molar-refractivity contribution is -0.128. The summed E-state index contributed by atoms with van der Waals surface area (Å²) < 4.78 is 10.7. The van der Waals surface area contributed by atoms with Gasteiger partial charge in [0.25, 0.3) is 0 Å². The Hall–Kier alpha value is -2.44. The molecule has 0 bridgehead atoms. The summed E-state index contributed by atoms with van der Waals surface area (Å²) in [7, 11) is 0. The Kier molecular flexibility index (Phi) is 3.55. The van der Waals surface area contributed by atoms with Gasteiger partial charge in [-0.25, -0.2) is 4.98 Å². The molecule has 0 N–H and O–H groups in total. The van der Waals surface area contributed by atoms with Gasteiger partial charge in [0.05, 0.1) is 6.54 Å². The first-order valence-corrected chi connectivity index (χ1v) is 6.81. The number of carbonyl (C=O) groups is 1. The van der Waals surface area contributed by atoms with Crippen molar-refractivity contribution in [1.29, 1.82) is 0 Å². The molecule has 0 unspecified atom stereocenters. The molecule has 1 amide bonds. The van der Waals surface area contributed by atoms with E-state index < -0.39 is 0 Å². The van der Waals surface area contributed by atoms with E-state index in [1.54, 1.807) is 31.0 Å². The number of likely N-dealkylation sites (tertiary alicyclic amines) is 1. The van der Waals surface area contributed by atoms with Gasteiger partial charge in [0.2, 0.25) is 23.5 Å². The summed E-state index contributed by atoms with van der Waals surface area (Å²) in [6.07, 6.45) is 2.48. The van der Waals surface area contributed by atoms with E-state index in [1.807, 2.05) is 6.07 Å². The third-order valence-electron chi connectivity index (χ3n) is 3.40. The highest BCUT2D eigenvalue weighted by molar-refractivity contribution is 5.73. The average Bonchev–Trinajstić information content (AvgIpc) is 3.09. The van der Waals surface area contributed by atoms with E-state index in [-0.39, 0.29) is 12.0 Å². The zero-order valence-electron chi connectivity index (χ0n) is 11.9. The van der Waals surface area contributed by atoms with Crippen LogP contribution in [0.3, 0.4) is 0 Å². The fourth-order valence-electron chi connectivity index (χ4n) is 2.28. The molecule has 0 aliphatic carbocycles. The van der Waals surface area contributed by atoms with E-state index >= 15 is 0 Å². The maximum absolute atomic E-state index is 11.3. The number of ether oxygens (including phenoxy) is 1. The SMILES string of the molecule is CC(=O)N1CC[C@H](Oc2ccc(-c3noc(C)n3)cn2)C1. The molecule has 3 heterocycles. The van der Waals surface area contributed by atoms with Gasteiger partial charge in [-0.15, -0.1) is 0 Å². The minimum absolute atomic E-state index is 0.000306. The second-order valence-corrected chi connectivity index (χ2v) is 5.02. The van der Waals surface area contributed by atoms with E-state index in [0.29, 0.717) is 24.1 Å². The van der Waals surface area contributed by atoms with Gasteiger partial charge in [0, 0.05) is 44.6 Å². The van der Waals surface area contributed by atoms with E-state index in [1.165, 1.54) is 0 Å². The number of nitrogens with zero attached hydrogens (tertiary/aromatic N) is 4. The van der Waals surface area contributed by atoms with Gasteiger partial charge in [0.15, 0.2) is 0 Å². The van der Waals surface area contributed by atoms with Crippen LogP contribution in [0.1, 0.15) is 19.2 Å². The van der Waals surface area contributed by atoms with Crippen molar-refractivity contribution in [3.05, 3.63) is 24.2 Å². The molecule has 7 nitrogen and oxygen atoms in total. The number of rotatable bonds is 3. The first-order chi connectivity index (χ1) is 10.1. The predicted octanol–water partition coefficient (Wildman–Crippen LogP) is 1.44. The molecular formula is C14H16N4O3. The zero-order valence-corrected chi connectivity index (χ0v) is 11.9. The summed E-state index contributed by atoms with van der Waals surface area (Å²) in [4.78, 5) is 21.4. The van der Waals surface area contributed by atoms with Crippen LogP contribution < -0.4 is 4.74 Å². The van der Waals surface area contributed by atoms with Crippen LogP contribution in [-0.2, 0) is 4.79 Å². The first kappa shape index (κ1) is 13.5. The topological polar surface area (TPSA) is 81.4 Å². The number of hydrogen-bond donors (Lipinski definition) is 0. The van der Waals surface area contributed by atoms with Crippen LogP contribution in [0, 0.1) is 6.92 Å². The summed E-state index contributed by atoms with van der Waals surface area (Å²) in [5, 5.41) is 3.84. The molecule has 7 heteroatoms. The summed E-state index contributed by atoms with van der Waals surface area (Å²) in [5.74, 6) is 1.64. The Balaban J connectivity index is 1.64. The molecule has 0 radical (unpaired) electrons. The molecule has 1 saturated heterocycles. The first-order valence-electron chi connectivity index (χ1n) is 6.81. The molecule has 1 fully saturated rings. The van der Waals surface area contributed by atoms with Gasteiger partial charge < -0.3 is 14.2 Å². The van der Waals surface area contributed by atoms with Crippen LogP contribution in [0.5, 0.6) is 5.88 Å². The quantitative estimate of drug-likeness (QED) is 0.850. The smallest absolute Gasteiger partial charge is 0.223 e. The van der Waals surface area contributed by atoms with Gasteiger partial charge in [-0.3, -0.25) is 4.79 Å². The zero-order chi connectivity index (χ0) is 14.8. The molecule has 1 aliphatic heterocycles. The lowest BCUT2D eigenvalue weighted by atomic mass is 10.2. The molecule has 0 saturated carbocycles. The van der Waals surface area contributed by atoms with Crippen LogP contribution in [0.25, 0.3) is 11.4 Å². The Morgan fingerprint density at radius 1 is 1.48 bits per heavy atom. The second kappa shape index (κ2) is 5.51. The van der Waals surface area contributed by atoms with Crippen molar-refractivity contribution < 1.29 is 14.1 Å². The van der Waals surface area contributed by atoms with Crippen molar-refractivity contribution >= 4 is 5.91 Å². The van der Waals surface area contributed by atoms with Crippen LogP contribution in [-0.4, -0.2) is 45.1 Å². The Morgan fingerprint density at radius 3 is 2.90 bits per heavy atom. The normalized spacial score (nSPS) is 18.0. The van der Waals surface area contributed by atoms with Gasteiger partial charge >= 0.3 is 0 Å². The third-order valence-corrected chi connectivity index (χ3v) is 3.40. The number of hydrogen-bond acceptors (Lipinski definition) is 6. The Bertz CT molecular complexity index is 638. The largest absolute Gasteiger partial charge is 0.472 e. The summed E-state index contributed by atoms with van der Waals surface area (Å²) >= 11 is 0. The molecule has 2 aromatic heterocycles. The van der Waals surface area contributed by atoms with Crippen molar-refractivity contribution in [3.8, 4) is 17.3 Å². The lowest BCUT2D eigenvalue weighted by Crippen LogP contribution is -2.28. The number of amides is 1. The molecule has 2 aromatic rings. The Labute approximate surface area is 121 Å². The molecule has 0 spiro atoms. The van der Waals surface area contributed by atoms with Crippen molar-refractivity contribution in [2.75, 3.05) is 13.1 Å². The minimum Gasteiger partial charge on any atom is -0.472 e. The van der Waals surface area contributed by atoms with Crippen LogP contribution in [0.15, 0.2) is 22.9 Å². The summed E-state index contributed by atoms with van der Waals surface area (Å²) in [6.45, 7) is 4.66. The number of aromatic nitrogens is 3. The molecule has 1 aliphatic rings. The van der Waals surface area contributed by atoms with E-state index in [0.717, 1.165) is 18.5 Å². The maximum Gasteiger partial charge on any atom is 0.223 e. The molecule has 21 heavy (non-hydrogen) atoms. The molecule has 3 rings (SSSR count). The van der Waals surface area contributed by atoms with Gasteiger partial charge in [-0.2, -0.15) is 4.98 Å². The van der Waals surface area contributed by atoms with Crippen molar-refractivity contribution in [2.45, 2.75) is 26.4 Å². The highest BCUT2D eigenvalue weighted by Crippen LogP contribution is 2.20. The van der Waals surface area contributed by atoms with Crippen molar-refractivity contribution in [1.82, 2.24) is 20.0 Å². The van der Waals surface area contributed by atoms with Crippen LogP contribution in [0.4, 0.5) is 0 Å². The lowest BCUT2D eigenvalue weighted by Gasteiger charge is -2.14. The molecule has 110 valence electrons. The van der Waals surface area contributed by atoms with Crippen LogP contribution >= 0.6 is 0 Å². The Morgan fingerprint density at radius 2 is 2.33 bits per heavy atom. The fraction of sp³-hybridized carbons (Fsp3) is 0.429. The highest BCUT2D eigenvalue weighted by Gasteiger charge is 2.25. The van der Waals surface area contributed by atoms with E-state index in [2.05, 4.69) is 15.1 Å². The highest BCUT2D eigenvalue weighted by atomic mass is 16.5. The van der Waals surface area contributed by atoms with Gasteiger partial charge in [0.1, 0.15) is 6.10 Å². The molecular weight excluding hydrogens is 272 g/mol. The standard InChI is InChI=1S/C14H16N4O3/c1-9-16-14(17-21-9)11-3-4-13(15-7-11)20-12-5-6-18(8-12)10(2)19/h3-4,7,12H,5-6,8H2,1-2H3/t12-/m0/s1. The minimum atomic E-state index is -0.000306. The van der Waals surface area contributed by atoms with E-state index in [4.69, 9.17) is 9.26 Å². The molecule has 1 atom stereocenters. The van der Waals surface area contributed by atoms with Crippen LogP contribution in [0.2, 0.25) is 0 Å². The molecule has 0 aromatic carbocycles. The van der Waals surface area contributed by atoms with Gasteiger partial charge in [-0.1, -0.05) is 5.16 Å². The van der Waals surface area contributed by atoms with Crippen molar-refractivity contribution in [2.24, 2.45) is 0 Å². The van der Waals surface area contributed by atoms with Gasteiger partial charge in [-0.05, 0) is 6.07 Å². The third kappa shape index (κ3) is 3.01.